The molecule has 0 aromatic rings. The quantitative estimate of drug-likeness (QED) is 0.302. The van der Waals surface area contributed by atoms with Crippen LogP contribution in [-0.2, 0) is 18.7 Å². The molecule has 0 aliphatic carbocycles. The van der Waals surface area contributed by atoms with E-state index in [0.717, 1.165) is 0 Å². The third-order valence-corrected chi connectivity index (χ3v) is 11.1. The number of carbonyl (C=O) groups excluding carboxylic acids is 2. The number of rotatable bonds is 10. The summed E-state index contributed by atoms with van der Waals surface area (Å²) in [6, 6.07) is 0. The first-order valence-corrected chi connectivity index (χ1v) is 12.2. The summed E-state index contributed by atoms with van der Waals surface area (Å²) in [7, 11) is -0.957. The van der Waals surface area contributed by atoms with Crippen LogP contribution in [0.1, 0.15) is 68.7 Å². The molecule has 0 fully saturated rings. The maximum absolute atomic E-state index is 12.7. The van der Waals surface area contributed by atoms with E-state index in [1.807, 2.05) is 0 Å². The van der Waals surface area contributed by atoms with Crippen LogP contribution in [-0.4, -0.2) is 45.2 Å². The Morgan fingerprint density at radius 3 is 1.82 bits per heavy atom. The summed E-state index contributed by atoms with van der Waals surface area (Å²) < 4.78 is 17.0. The molecule has 0 aromatic carbocycles. The van der Waals surface area contributed by atoms with E-state index in [-0.39, 0.29) is 13.0 Å². The van der Waals surface area contributed by atoms with Crippen molar-refractivity contribution >= 4 is 20.4 Å². The topological polar surface area (TPSA) is 73.9 Å². The van der Waals surface area contributed by atoms with Crippen molar-refractivity contribution in [2.45, 2.75) is 96.5 Å². The lowest BCUT2D eigenvalue weighted by molar-refractivity contribution is -0.150. The van der Waals surface area contributed by atoms with Gasteiger partial charge in [0.2, 0.25) is 0 Å². The molecule has 164 valence electrons. The van der Waals surface area contributed by atoms with Crippen molar-refractivity contribution in [2.24, 2.45) is 0 Å². The average molecular weight is 416 g/mol. The summed E-state index contributed by atoms with van der Waals surface area (Å²) in [6.45, 7) is 22.1. The minimum Gasteiger partial charge on any atom is -0.467 e. The second-order valence-electron chi connectivity index (χ2n) is 9.30. The molecule has 0 spiro atoms. The number of carbonyl (C=O) groups is 2. The smallest absolute Gasteiger partial charge is 0.408 e. The molecule has 7 heteroatoms. The van der Waals surface area contributed by atoms with Crippen LogP contribution in [0.4, 0.5) is 4.79 Å². The first-order chi connectivity index (χ1) is 12.7. The Morgan fingerprint density at radius 1 is 1.04 bits per heavy atom. The SMILES string of the molecule is C=CCC(CO[Si](C(C)C)(C(C)C)C(C)C)(NC(=O)OC(C)(C)C)C(=O)OC. The average Bonchev–Trinajstić information content (AvgIpc) is 2.51. The molecule has 1 unspecified atom stereocenters. The Kier molecular flexibility index (Phi) is 9.94. The Bertz CT molecular complexity index is 518. The van der Waals surface area contributed by atoms with Crippen LogP contribution in [0.2, 0.25) is 16.6 Å². The second-order valence-corrected chi connectivity index (χ2v) is 14.8. The van der Waals surface area contributed by atoms with Crippen molar-refractivity contribution in [3.8, 4) is 0 Å². The lowest BCUT2D eigenvalue weighted by atomic mass is 9.96. The Labute approximate surface area is 172 Å². The number of methoxy groups -OCH3 is 1. The summed E-state index contributed by atoms with van der Waals surface area (Å²) >= 11 is 0. The third-order valence-electron chi connectivity index (χ3n) is 5.08. The number of ether oxygens (including phenoxy) is 2. The molecule has 1 amide bonds. The number of amides is 1. The van der Waals surface area contributed by atoms with E-state index in [2.05, 4.69) is 53.4 Å². The van der Waals surface area contributed by atoms with Crippen molar-refractivity contribution in [3.05, 3.63) is 12.7 Å². The number of nitrogens with one attached hydrogen (secondary N) is 1. The van der Waals surface area contributed by atoms with Gasteiger partial charge in [0.1, 0.15) is 5.60 Å². The van der Waals surface area contributed by atoms with Crippen LogP contribution < -0.4 is 5.32 Å². The van der Waals surface area contributed by atoms with Gasteiger partial charge in [-0.3, -0.25) is 0 Å². The van der Waals surface area contributed by atoms with Crippen molar-refractivity contribution in [1.82, 2.24) is 5.32 Å². The minimum absolute atomic E-state index is 0.0195. The van der Waals surface area contributed by atoms with Gasteiger partial charge in [0, 0.05) is 6.42 Å². The Morgan fingerprint density at radius 2 is 1.50 bits per heavy atom. The van der Waals surface area contributed by atoms with Crippen molar-refractivity contribution in [3.63, 3.8) is 0 Å². The van der Waals surface area contributed by atoms with E-state index in [9.17, 15) is 9.59 Å². The summed E-state index contributed by atoms with van der Waals surface area (Å²) in [5.74, 6) is -0.572. The lowest BCUT2D eigenvalue weighted by Gasteiger charge is -2.44. The Hall–Kier alpha value is -1.34. The van der Waals surface area contributed by atoms with Gasteiger partial charge < -0.3 is 19.2 Å². The van der Waals surface area contributed by atoms with Gasteiger partial charge in [-0.25, -0.2) is 9.59 Å². The summed E-state index contributed by atoms with van der Waals surface area (Å²) in [5, 5.41) is 2.72. The van der Waals surface area contributed by atoms with E-state index in [1.54, 1.807) is 26.8 Å². The number of hydrogen-bond acceptors (Lipinski definition) is 5. The van der Waals surface area contributed by atoms with Crippen LogP contribution in [0, 0.1) is 0 Å². The zero-order valence-corrected chi connectivity index (χ0v) is 20.5. The molecular weight excluding hydrogens is 374 g/mol. The zero-order valence-electron chi connectivity index (χ0n) is 19.5. The fraction of sp³-hybridized carbons (Fsp3) is 0.810. The molecule has 0 saturated carbocycles. The summed E-state index contributed by atoms with van der Waals surface area (Å²) in [4.78, 5) is 25.2. The molecule has 1 atom stereocenters. The molecule has 0 saturated heterocycles. The third kappa shape index (κ3) is 6.62. The molecule has 0 aliphatic heterocycles. The molecule has 0 aromatic heterocycles. The van der Waals surface area contributed by atoms with Crippen LogP contribution in [0.5, 0.6) is 0 Å². The normalized spacial score (nSPS) is 14.8. The van der Waals surface area contributed by atoms with E-state index in [0.29, 0.717) is 16.6 Å². The number of hydrogen-bond donors (Lipinski definition) is 1. The van der Waals surface area contributed by atoms with Gasteiger partial charge in [0.15, 0.2) is 13.9 Å². The van der Waals surface area contributed by atoms with Crippen molar-refractivity contribution < 1.29 is 23.5 Å². The van der Waals surface area contributed by atoms with Crippen LogP contribution in [0.15, 0.2) is 12.7 Å². The zero-order chi connectivity index (χ0) is 22.3. The molecule has 0 heterocycles. The van der Waals surface area contributed by atoms with E-state index in [4.69, 9.17) is 13.9 Å². The largest absolute Gasteiger partial charge is 0.467 e. The van der Waals surface area contributed by atoms with Gasteiger partial charge in [-0.15, -0.1) is 6.58 Å². The van der Waals surface area contributed by atoms with Gasteiger partial charge in [0.05, 0.1) is 13.7 Å². The molecule has 28 heavy (non-hydrogen) atoms. The van der Waals surface area contributed by atoms with Crippen LogP contribution in [0.3, 0.4) is 0 Å². The van der Waals surface area contributed by atoms with Gasteiger partial charge in [-0.05, 0) is 37.4 Å². The molecule has 6 nitrogen and oxygen atoms in total. The van der Waals surface area contributed by atoms with Gasteiger partial charge in [0.25, 0.3) is 0 Å². The number of alkyl carbamates (subject to hydrolysis) is 1. The minimum atomic E-state index is -2.26. The summed E-state index contributed by atoms with van der Waals surface area (Å²) in [6.07, 6.45) is 1.08. The van der Waals surface area contributed by atoms with Crippen LogP contribution >= 0.6 is 0 Å². The fourth-order valence-corrected chi connectivity index (χ4v) is 9.52. The van der Waals surface area contributed by atoms with E-state index in [1.165, 1.54) is 7.11 Å². The van der Waals surface area contributed by atoms with Crippen molar-refractivity contribution in [1.29, 1.82) is 0 Å². The number of esters is 1. The lowest BCUT2D eigenvalue weighted by Crippen LogP contribution is -2.61. The Balaban J connectivity index is 5.96. The highest BCUT2D eigenvalue weighted by molar-refractivity contribution is 6.77. The van der Waals surface area contributed by atoms with Gasteiger partial charge in [-0.2, -0.15) is 0 Å². The highest BCUT2D eigenvalue weighted by atomic mass is 28.4. The highest BCUT2D eigenvalue weighted by Crippen LogP contribution is 2.42. The van der Waals surface area contributed by atoms with Gasteiger partial charge in [-0.1, -0.05) is 47.6 Å². The molecule has 0 rings (SSSR count). The molecule has 0 radical (unpaired) electrons. The second kappa shape index (κ2) is 10.4. The standard InChI is InChI=1S/C21H41NO5Si/c1-12-13-21(18(23)25-11,22-19(24)27-20(8,9)10)14-26-28(15(2)3,16(4)5)17(6)7/h12,15-17H,1,13-14H2,2-11H3,(H,22,24). The first-order valence-electron chi connectivity index (χ1n) is 10.0. The van der Waals surface area contributed by atoms with Gasteiger partial charge >= 0.3 is 12.1 Å². The van der Waals surface area contributed by atoms with Crippen LogP contribution in [0.25, 0.3) is 0 Å². The molecule has 0 bridgehead atoms. The predicted molar refractivity (Wildman–Crippen MR) is 116 cm³/mol. The monoisotopic (exact) mass is 415 g/mol. The fourth-order valence-electron chi connectivity index (χ4n) is 4.03. The molecule has 1 N–H and O–H groups in total. The van der Waals surface area contributed by atoms with Crippen molar-refractivity contribution in [2.75, 3.05) is 13.7 Å². The summed E-state index contributed by atoms with van der Waals surface area (Å²) in [5.41, 5.74) is -1.04. The van der Waals surface area contributed by atoms with E-state index >= 15 is 0 Å². The first kappa shape index (κ1) is 26.7. The molecule has 0 aliphatic rings. The highest BCUT2D eigenvalue weighted by Gasteiger charge is 2.49. The molecular formula is C21H41NO5Si. The maximum atomic E-state index is 12.7. The maximum Gasteiger partial charge on any atom is 0.408 e. The van der Waals surface area contributed by atoms with E-state index < -0.39 is 31.5 Å². The predicted octanol–water partition coefficient (Wildman–Crippen LogP) is 5.19.